The van der Waals surface area contributed by atoms with E-state index in [4.69, 9.17) is 4.74 Å². The SMILES string of the molecule is CN(CCOc1ccccc1)CCC(=O)N1CCN(c2ccccn2)CC1. The zero-order valence-electron chi connectivity index (χ0n) is 16.0. The van der Waals surface area contributed by atoms with Gasteiger partial charge in [0.2, 0.25) is 5.91 Å². The van der Waals surface area contributed by atoms with Gasteiger partial charge >= 0.3 is 0 Å². The summed E-state index contributed by atoms with van der Waals surface area (Å²) in [5.41, 5.74) is 0. The Balaban J connectivity index is 1.32. The van der Waals surface area contributed by atoms with Crippen molar-refractivity contribution in [2.75, 3.05) is 57.8 Å². The maximum atomic E-state index is 12.5. The molecule has 6 heteroatoms. The molecular formula is C21H28N4O2. The summed E-state index contributed by atoms with van der Waals surface area (Å²) in [6.45, 7) is 5.37. The Bertz CT molecular complexity index is 688. The molecule has 0 aliphatic carbocycles. The van der Waals surface area contributed by atoms with Crippen LogP contribution in [0.1, 0.15) is 6.42 Å². The largest absolute Gasteiger partial charge is 0.492 e. The third-order valence-electron chi connectivity index (χ3n) is 4.80. The van der Waals surface area contributed by atoms with Gasteiger partial charge in [-0.15, -0.1) is 0 Å². The third-order valence-corrected chi connectivity index (χ3v) is 4.80. The van der Waals surface area contributed by atoms with Crippen LogP contribution in [-0.2, 0) is 4.79 Å². The number of amides is 1. The number of carbonyl (C=O) groups excluding carboxylic acids is 1. The van der Waals surface area contributed by atoms with Crippen molar-refractivity contribution in [3.05, 3.63) is 54.7 Å². The molecule has 0 atom stereocenters. The molecule has 144 valence electrons. The minimum Gasteiger partial charge on any atom is -0.492 e. The van der Waals surface area contributed by atoms with Crippen LogP contribution >= 0.6 is 0 Å². The van der Waals surface area contributed by atoms with E-state index in [-0.39, 0.29) is 5.91 Å². The van der Waals surface area contributed by atoms with Crippen LogP contribution in [0, 0.1) is 0 Å². The second kappa shape index (κ2) is 9.92. The van der Waals surface area contributed by atoms with Crippen molar-refractivity contribution in [2.24, 2.45) is 0 Å². The fraction of sp³-hybridized carbons (Fsp3) is 0.429. The average molecular weight is 368 g/mol. The maximum absolute atomic E-state index is 12.5. The van der Waals surface area contributed by atoms with Gasteiger partial charge in [-0.1, -0.05) is 24.3 Å². The number of para-hydroxylation sites is 1. The first-order chi connectivity index (χ1) is 13.2. The van der Waals surface area contributed by atoms with E-state index in [1.54, 1.807) is 0 Å². The van der Waals surface area contributed by atoms with Gasteiger partial charge in [0.25, 0.3) is 0 Å². The van der Waals surface area contributed by atoms with Gasteiger partial charge in [0, 0.05) is 51.9 Å². The summed E-state index contributed by atoms with van der Waals surface area (Å²) in [6.07, 6.45) is 2.36. The van der Waals surface area contributed by atoms with E-state index in [1.807, 2.05) is 66.7 Å². The van der Waals surface area contributed by atoms with Gasteiger partial charge in [-0.25, -0.2) is 4.98 Å². The highest BCUT2D eigenvalue weighted by atomic mass is 16.5. The van der Waals surface area contributed by atoms with Gasteiger partial charge in [0.15, 0.2) is 0 Å². The Morgan fingerprint density at radius 2 is 1.78 bits per heavy atom. The van der Waals surface area contributed by atoms with E-state index in [9.17, 15) is 4.79 Å². The minimum absolute atomic E-state index is 0.228. The number of likely N-dealkylation sites (N-methyl/N-ethyl adjacent to an activating group) is 1. The molecule has 1 fully saturated rings. The number of rotatable bonds is 8. The Kier molecular flexibility index (Phi) is 7.04. The van der Waals surface area contributed by atoms with Gasteiger partial charge in [-0.05, 0) is 31.3 Å². The fourth-order valence-corrected chi connectivity index (χ4v) is 3.12. The number of anilines is 1. The molecule has 2 heterocycles. The van der Waals surface area contributed by atoms with Crippen LogP contribution < -0.4 is 9.64 Å². The monoisotopic (exact) mass is 368 g/mol. The number of carbonyl (C=O) groups is 1. The van der Waals surface area contributed by atoms with Crippen molar-refractivity contribution in [1.82, 2.24) is 14.8 Å². The molecule has 0 unspecified atom stereocenters. The number of ether oxygens (including phenoxy) is 1. The van der Waals surface area contributed by atoms with Crippen molar-refractivity contribution >= 4 is 11.7 Å². The van der Waals surface area contributed by atoms with Crippen molar-refractivity contribution in [1.29, 1.82) is 0 Å². The molecule has 3 rings (SSSR count). The summed E-state index contributed by atoms with van der Waals surface area (Å²) in [7, 11) is 2.03. The van der Waals surface area contributed by atoms with Crippen molar-refractivity contribution in [3.8, 4) is 5.75 Å². The highest BCUT2D eigenvalue weighted by molar-refractivity contribution is 5.76. The zero-order chi connectivity index (χ0) is 18.9. The lowest BCUT2D eigenvalue weighted by Crippen LogP contribution is -2.49. The van der Waals surface area contributed by atoms with E-state index in [0.29, 0.717) is 13.0 Å². The van der Waals surface area contributed by atoms with Gasteiger partial charge in [0.1, 0.15) is 18.2 Å². The quantitative estimate of drug-likeness (QED) is 0.714. The predicted molar refractivity (Wildman–Crippen MR) is 107 cm³/mol. The molecular weight excluding hydrogens is 340 g/mol. The molecule has 1 aliphatic rings. The first-order valence-electron chi connectivity index (χ1n) is 9.52. The van der Waals surface area contributed by atoms with Gasteiger partial charge in [-0.3, -0.25) is 4.79 Å². The summed E-state index contributed by atoms with van der Waals surface area (Å²) in [5, 5.41) is 0. The maximum Gasteiger partial charge on any atom is 0.223 e. The summed E-state index contributed by atoms with van der Waals surface area (Å²) < 4.78 is 5.71. The minimum atomic E-state index is 0.228. The molecule has 0 bridgehead atoms. The number of benzene rings is 1. The van der Waals surface area contributed by atoms with E-state index < -0.39 is 0 Å². The van der Waals surface area contributed by atoms with Crippen molar-refractivity contribution in [3.63, 3.8) is 0 Å². The number of aromatic nitrogens is 1. The summed E-state index contributed by atoms with van der Waals surface area (Å²) in [4.78, 5) is 23.2. The molecule has 1 aromatic carbocycles. The first kappa shape index (κ1) is 19.2. The molecule has 0 saturated carbocycles. The molecule has 1 aromatic heterocycles. The lowest BCUT2D eigenvalue weighted by atomic mass is 10.2. The van der Waals surface area contributed by atoms with E-state index >= 15 is 0 Å². The van der Waals surface area contributed by atoms with E-state index in [2.05, 4.69) is 14.8 Å². The topological polar surface area (TPSA) is 48.9 Å². The predicted octanol–water partition coefficient (Wildman–Crippen LogP) is 2.13. The zero-order valence-corrected chi connectivity index (χ0v) is 16.0. The summed E-state index contributed by atoms with van der Waals surface area (Å²) >= 11 is 0. The van der Waals surface area contributed by atoms with E-state index in [1.165, 1.54) is 0 Å². The normalized spacial score (nSPS) is 14.4. The second-order valence-electron chi connectivity index (χ2n) is 6.77. The highest BCUT2D eigenvalue weighted by Crippen LogP contribution is 2.13. The number of piperazine rings is 1. The highest BCUT2D eigenvalue weighted by Gasteiger charge is 2.21. The van der Waals surface area contributed by atoms with E-state index in [0.717, 1.165) is 50.8 Å². The lowest BCUT2D eigenvalue weighted by molar-refractivity contribution is -0.131. The molecule has 1 saturated heterocycles. The third kappa shape index (κ3) is 5.96. The van der Waals surface area contributed by atoms with Crippen molar-refractivity contribution < 1.29 is 9.53 Å². The van der Waals surface area contributed by atoms with Crippen LogP contribution in [0.4, 0.5) is 5.82 Å². The smallest absolute Gasteiger partial charge is 0.223 e. The number of hydrogen-bond donors (Lipinski definition) is 0. The fourth-order valence-electron chi connectivity index (χ4n) is 3.12. The number of hydrogen-bond acceptors (Lipinski definition) is 5. The Labute approximate surface area is 161 Å². The average Bonchev–Trinajstić information content (AvgIpc) is 2.73. The van der Waals surface area contributed by atoms with Crippen LogP contribution in [0.5, 0.6) is 5.75 Å². The standard InChI is InChI=1S/C21H28N4O2/c1-23(17-18-27-19-7-3-2-4-8-19)12-10-21(26)25-15-13-24(14-16-25)20-9-5-6-11-22-20/h2-9,11H,10,12-18H2,1H3. The van der Waals surface area contributed by atoms with Crippen LogP contribution in [0.3, 0.4) is 0 Å². The van der Waals surface area contributed by atoms with Gasteiger partial charge < -0.3 is 19.4 Å². The molecule has 0 spiro atoms. The molecule has 6 nitrogen and oxygen atoms in total. The number of nitrogens with zero attached hydrogens (tertiary/aromatic N) is 4. The van der Waals surface area contributed by atoms with Crippen LogP contribution in [0.2, 0.25) is 0 Å². The van der Waals surface area contributed by atoms with Crippen molar-refractivity contribution in [2.45, 2.75) is 6.42 Å². The Morgan fingerprint density at radius 3 is 2.48 bits per heavy atom. The molecule has 27 heavy (non-hydrogen) atoms. The van der Waals surface area contributed by atoms with Gasteiger partial charge in [-0.2, -0.15) is 0 Å². The van der Waals surface area contributed by atoms with Gasteiger partial charge in [0.05, 0.1) is 0 Å². The molecule has 0 N–H and O–H groups in total. The molecule has 1 amide bonds. The van der Waals surface area contributed by atoms with Crippen LogP contribution in [0.25, 0.3) is 0 Å². The summed E-state index contributed by atoms with van der Waals surface area (Å²) in [5.74, 6) is 2.10. The van der Waals surface area contributed by atoms with Crippen LogP contribution in [-0.4, -0.2) is 73.6 Å². The molecule has 1 aliphatic heterocycles. The molecule has 0 radical (unpaired) electrons. The second-order valence-corrected chi connectivity index (χ2v) is 6.77. The van der Waals surface area contributed by atoms with Crippen LogP contribution in [0.15, 0.2) is 54.7 Å². The molecule has 2 aromatic rings. The lowest BCUT2D eigenvalue weighted by Gasteiger charge is -2.35. The first-order valence-corrected chi connectivity index (χ1v) is 9.52. The number of pyridine rings is 1. The summed E-state index contributed by atoms with van der Waals surface area (Å²) in [6, 6.07) is 15.7. The Morgan fingerprint density at radius 1 is 1.04 bits per heavy atom. The Hall–Kier alpha value is -2.60.